The van der Waals surface area contributed by atoms with Gasteiger partial charge in [0.15, 0.2) is 11.6 Å². The maximum absolute atomic E-state index is 13.9. The normalized spacial score (nSPS) is 12.5. The number of nitrogens with one attached hydrogen (secondary N) is 1. The number of benzene rings is 3. The molecular formula is C19H11Cl3F2N2O4S. The van der Waals surface area contributed by atoms with Crippen molar-refractivity contribution in [3.8, 4) is 0 Å². The van der Waals surface area contributed by atoms with E-state index in [2.05, 4.69) is 4.72 Å². The summed E-state index contributed by atoms with van der Waals surface area (Å²) in [6, 6.07) is 9.55. The molecule has 0 aliphatic rings. The van der Waals surface area contributed by atoms with Crippen LogP contribution >= 0.6 is 34.8 Å². The lowest BCUT2D eigenvalue weighted by molar-refractivity contribution is -0.384. The Kier molecular flexibility index (Phi) is 6.82. The van der Waals surface area contributed by atoms with Gasteiger partial charge in [-0.3, -0.25) is 10.1 Å². The van der Waals surface area contributed by atoms with E-state index in [0.717, 1.165) is 24.3 Å². The smallest absolute Gasteiger partial charge is 0.258 e. The minimum absolute atomic E-state index is 0.0578. The zero-order chi connectivity index (χ0) is 22.9. The van der Waals surface area contributed by atoms with Crippen LogP contribution in [0.2, 0.25) is 15.1 Å². The molecule has 1 atom stereocenters. The van der Waals surface area contributed by atoms with Crippen LogP contribution in [0.1, 0.15) is 17.2 Å². The summed E-state index contributed by atoms with van der Waals surface area (Å²) in [5.74, 6) is -2.31. The Balaban J connectivity index is 2.15. The molecule has 0 amide bonds. The largest absolute Gasteiger partial charge is 0.289 e. The van der Waals surface area contributed by atoms with Gasteiger partial charge in [0.1, 0.15) is 9.92 Å². The third-order valence-corrected chi connectivity index (χ3v) is 6.93. The Hall–Kier alpha value is -2.30. The second-order valence-corrected chi connectivity index (χ2v) is 9.12. The van der Waals surface area contributed by atoms with Crippen LogP contribution in [0.15, 0.2) is 59.5 Å². The molecule has 0 heterocycles. The van der Waals surface area contributed by atoms with Gasteiger partial charge in [0.2, 0.25) is 10.0 Å². The van der Waals surface area contributed by atoms with Gasteiger partial charge in [-0.2, -0.15) is 4.72 Å². The fraction of sp³-hybridized carbons (Fsp3) is 0.0526. The van der Waals surface area contributed by atoms with E-state index in [1.165, 1.54) is 30.3 Å². The monoisotopic (exact) mass is 506 g/mol. The van der Waals surface area contributed by atoms with E-state index in [1.54, 1.807) is 0 Å². The van der Waals surface area contributed by atoms with Gasteiger partial charge in [-0.1, -0.05) is 53.0 Å². The maximum atomic E-state index is 13.9. The predicted octanol–water partition coefficient (Wildman–Crippen LogP) is 5.90. The van der Waals surface area contributed by atoms with Gasteiger partial charge in [-0.15, -0.1) is 0 Å². The first kappa shape index (κ1) is 23.4. The number of rotatable bonds is 6. The van der Waals surface area contributed by atoms with E-state index in [1.807, 2.05) is 0 Å². The number of nitro benzene ring substituents is 1. The fourth-order valence-corrected chi connectivity index (χ4v) is 5.34. The highest BCUT2D eigenvalue weighted by atomic mass is 35.5. The number of sulfonamides is 1. The van der Waals surface area contributed by atoms with Crippen molar-refractivity contribution in [2.24, 2.45) is 0 Å². The average Bonchev–Trinajstić information content (AvgIpc) is 2.68. The van der Waals surface area contributed by atoms with E-state index >= 15 is 0 Å². The molecule has 3 aromatic carbocycles. The summed E-state index contributed by atoms with van der Waals surface area (Å²) in [7, 11) is -4.57. The number of halogens is 5. The second kappa shape index (κ2) is 9.05. The minimum atomic E-state index is -4.57. The molecule has 31 heavy (non-hydrogen) atoms. The third-order valence-electron chi connectivity index (χ3n) is 4.25. The van der Waals surface area contributed by atoms with Crippen LogP contribution in [-0.4, -0.2) is 13.3 Å². The van der Waals surface area contributed by atoms with Crippen LogP contribution in [0, 0.1) is 21.7 Å². The summed E-state index contributed by atoms with van der Waals surface area (Å²) < 4.78 is 55.8. The Morgan fingerprint density at radius 3 is 2.10 bits per heavy atom. The molecule has 1 N–H and O–H groups in total. The van der Waals surface area contributed by atoms with Crippen LogP contribution in [0.4, 0.5) is 14.5 Å². The molecule has 0 aliphatic carbocycles. The summed E-state index contributed by atoms with van der Waals surface area (Å²) in [5, 5.41) is 10.5. The lowest BCUT2D eigenvalue weighted by Crippen LogP contribution is -2.30. The van der Waals surface area contributed by atoms with E-state index in [9.17, 15) is 27.3 Å². The predicted molar refractivity (Wildman–Crippen MR) is 113 cm³/mol. The maximum Gasteiger partial charge on any atom is 0.289 e. The van der Waals surface area contributed by atoms with Gasteiger partial charge in [-0.25, -0.2) is 17.2 Å². The van der Waals surface area contributed by atoms with Crippen molar-refractivity contribution >= 4 is 50.5 Å². The Morgan fingerprint density at radius 2 is 1.52 bits per heavy atom. The number of hydrogen-bond donors (Lipinski definition) is 1. The summed E-state index contributed by atoms with van der Waals surface area (Å²) in [6.07, 6.45) is 0. The minimum Gasteiger partial charge on any atom is -0.258 e. The molecule has 0 bridgehead atoms. The lowest BCUT2D eigenvalue weighted by atomic mass is 9.99. The van der Waals surface area contributed by atoms with Crippen molar-refractivity contribution in [2.75, 3.05) is 0 Å². The SMILES string of the molecule is O=[N+]([O-])c1ccc(Cl)c(S(=O)(=O)NC(c2ccc(Cl)cc2)c2ccc(F)c(F)c2)c1Cl. The first-order valence-electron chi connectivity index (χ1n) is 8.36. The molecule has 0 fully saturated rings. The van der Waals surface area contributed by atoms with Gasteiger partial charge in [0.05, 0.1) is 16.0 Å². The summed E-state index contributed by atoms with van der Waals surface area (Å²) in [5.41, 5.74) is -0.276. The molecule has 12 heteroatoms. The molecule has 3 rings (SSSR count). The molecule has 162 valence electrons. The highest BCUT2D eigenvalue weighted by Gasteiger charge is 2.31. The molecule has 0 saturated carbocycles. The van der Waals surface area contributed by atoms with Crippen molar-refractivity contribution in [3.05, 3.63) is 103 Å². The van der Waals surface area contributed by atoms with E-state index in [0.29, 0.717) is 10.6 Å². The van der Waals surface area contributed by atoms with Crippen molar-refractivity contribution < 1.29 is 22.1 Å². The highest BCUT2D eigenvalue weighted by Crippen LogP contribution is 2.37. The summed E-state index contributed by atoms with van der Waals surface area (Å²) >= 11 is 17.8. The molecule has 3 aromatic rings. The third kappa shape index (κ3) is 4.97. The molecule has 0 aromatic heterocycles. The Morgan fingerprint density at radius 1 is 0.903 bits per heavy atom. The molecule has 0 spiro atoms. The van der Waals surface area contributed by atoms with Crippen LogP contribution in [0.25, 0.3) is 0 Å². The molecule has 0 radical (unpaired) electrons. The molecule has 6 nitrogen and oxygen atoms in total. The average molecular weight is 508 g/mol. The number of hydrogen-bond acceptors (Lipinski definition) is 4. The number of nitrogens with zero attached hydrogens (tertiary/aromatic N) is 1. The van der Waals surface area contributed by atoms with Gasteiger partial charge in [-0.05, 0) is 41.5 Å². The van der Waals surface area contributed by atoms with E-state index < -0.39 is 48.2 Å². The molecular weight excluding hydrogens is 497 g/mol. The van der Waals surface area contributed by atoms with Crippen molar-refractivity contribution in [2.45, 2.75) is 10.9 Å². The first-order valence-corrected chi connectivity index (χ1v) is 11.0. The quantitative estimate of drug-likeness (QED) is 0.332. The fourth-order valence-electron chi connectivity index (χ4n) is 2.80. The standard InChI is InChI=1S/C19H11Cl3F2N2O4S/c20-12-4-1-10(2-5-12)18(11-3-7-14(23)15(24)9-11)25-31(29,30)19-13(21)6-8-16(17(19)22)26(27)28/h1-9,18,25H. The summed E-state index contributed by atoms with van der Waals surface area (Å²) in [6.45, 7) is 0. The van der Waals surface area contributed by atoms with E-state index in [4.69, 9.17) is 34.8 Å². The Labute approximate surface area is 190 Å². The molecule has 0 aliphatic heterocycles. The first-order chi connectivity index (χ1) is 14.5. The second-order valence-electron chi connectivity index (χ2n) is 6.25. The number of nitro groups is 1. The van der Waals surface area contributed by atoms with Crippen molar-refractivity contribution in [1.29, 1.82) is 0 Å². The topological polar surface area (TPSA) is 89.3 Å². The van der Waals surface area contributed by atoms with Crippen molar-refractivity contribution in [1.82, 2.24) is 4.72 Å². The van der Waals surface area contributed by atoms with Gasteiger partial charge >= 0.3 is 0 Å². The van der Waals surface area contributed by atoms with Crippen LogP contribution < -0.4 is 4.72 Å². The highest BCUT2D eigenvalue weighted by molar-refractivity contribution is 7.89. The van der Waals surface area contributed by atoms with Crippen molar-refractivity contribution in [3.63, 3.8) is 0 Å². The molecule has 1 unspecified atom stereocenters. The van der Waals surface area contributed by atoms with Gasteiger partial charge in [0.25, 0.3) is 5.69 Å². The van der Waals surface area contributed by atoms with Crippen LogP contribution in [-0.2, 0) is 10.0 Å². The lowest BCUT2D eigenvalue weighted by Gasteiger charge is -2.21. The van der Waals surface area contributed by atoms with Crippen LogP contribution in [0.3, 0.4) is 0 Å². The van der Waals surface area contributed by atoms with E-state index in [-0.39, 0.29) is 10.6 Å². The van der Waals surface area contributed by atoms with Gasteiger partial charge < -0.3 is 0 Å². The Bertz CT molecular complexity index is 1270. The summed E-state index contributed by atoms with van der Waals surface area (Å²) in [4.78, 5) is 9.58. The zero-order valence-electron chi connectivity index (χ0n) is 15.2. The zero-order valence-corrected chi connectivity index (χ0v) is 18.2. The van der Waals surface area contributed by atoms with Crippen LogP contribution in [0.5, 0.6) is 0 Å². The van der Waals surface area contributed by atoms with Gasteiger partial charge in [0, 0.05) is 11.1 Å². The molecule has 0 saturated heterocycles.